The van der Waals surface area contributed by atoms with E-state index in [1.54, 1.807) is 0 Å². The fourth-order valence-corrected chi connectivity index (χ4v) is 4.33. The maximum atomic E-state index is 12.2. The van der Waals surface area contributed by atoms with E-state index in [4.69, 9.17) is 0 Å². The van der Waals surface area contributed by atoms with Crippen LogP contribution in [0.2, 0.25) is 25.7 Å². The predicted molar refractivity (Wildman–Crippen MR) is 42.0 cm³/mol. The summed E-state index contributed by atoms with van der Waals surface area (Å²) in [6.07, 6.45) is 0. The molecule has 0 bridgehead atoms. The Morgan fingerprint density at radius 3 is 1.67 bits per heavy atom. The molecule has 0 aromatic heterocycles. The lowest BCUT2D eigenvalue weighted by Gasteiger charge is -2.18. The summed E-state index contributed by atoms with van der Waals surface area (Å²) in [5.41, 5.74) is 0. The van der Waals surface area contributed by atoms with Crippen molar-refractivity contribution in [3.63, 3.8) is 0 Å². The van der Waals surface area contributed by atoms with Crippen molar-refractivity contribution in [1.82, 2.24) is 0 Å². The minimum absolute atomic E-state index is 0.0139. The van der Waals surface area contributed by atoms with Gasteiger partial charge in [-0.3, -0.25) is 0 Å². The van der Waals surface area contributed by atoms with Gasteiger partial charge < -0.3 is 0 Å². The van der Waals surface area contributed by atoms with E-state index in [-0.39, 0.29) is 6.04 Å². The molecule has 0 saturated heterocycles. The van der Waals surface area contributed by atoms with Gasteiger partial charge in [0.1, 0.15) is 0 Å². The number of halogens is 3. The standard InChI is InChI=1S/C5H11BrF2Si/c1-9(2,3)4-5(6,7)8/h4H2,1-3H3. The molecule has 0 atom stereocenters. The van der Waals surface area contributed by atoms with Gasteiger partial charge in [0.15, 0.2) is 0 Å². The molecular weight excluding hydrogens is 206 g/mol. The molecule has 9 heavy (non-hydrogen) atoms. The number of hydrogen-bond acceptors (Lipinski definition) is 0. The highest BCUT2D eigenvalue weighted by Crippen LogP contribution is 2.31. The van der Waals surface area contributed by atoms with E-state index in [2.05, 4.69) is 15.9 Å². The zero-order valence-corrected chi connectivity index (χ0v) is 8.43. The highest BCUT2D eigenvalue weighted by Gasteiger charge is 2.31. The van der Waals surface area contributed by atoms with E-state index < -0.39 is 12.9 Å². The van der Waals surface area contributed by atoms with Crippen LogP contribution in [0.4, 0.5) is 8.78 Å². The lowest BCUT2D eigenvalue weighted by molar-refractivity contribution is 0.136. The molecule has 0 rings (SSSR count). The minimum Gasteiger partial charge on any atom is -0.194 e. The first-order valence-electron chi connectivity index (χ1n) is 2.77. The molecule has 0 unspecified atom stereocenters. The third-order valence-corrected chi connectivity index (χ3v) is 3.03. The predicted octanol–water partition coefficient (Wildman–Crippen LogP) is 3.31. The summed E-state index contributed by atoms with van der Waals surface area (Å²) >= 11 is 2.32. The van der Waals surface area contributed by atoms with Gasteiger partial charge in [-0.15, -0.1) is 0 Å². The molecule has 0 radical (unpaired) electrons. The van der Waals surface area contributed by atoms with Gasteiger partial charge in [-0.05, 0) is 15.9 Å². The smallest absolute Gasteiger partial charge is 0.194 e. The molecule has 0 aliphatic carbocycles. The van der Waals surface area contributed by atoms with Crippen LogP contribution in [0.1, 0.15) is 0 Å². The molecular formula is C5H11BrF2Si. The molecule has 0 saturated carbocycles. The lowest BCUT2D eigenvalue weighted by Crippen LogP contribution is -2.27. The first-order valence-corrected chi connectivity index (χ1v) is 7.27. The fraction of sp³-hybridized carbons (Fsp3) is 1.00. The van der Waals surface area contributed by atoms with Crippen LogP contribution in [-0.2, 0) is 0 Å². The maximum absolute atomic E-state index is 12.2. The molecule has 0 N–H and O–H groups in total. The van der Waals surface area contributed by atoms with Gasteiger partial charge in [0.25, 0.3) is 4.83 Å². The molecule has 56 valence electrons. The van der Waals surface area contributed by atoms with Crippen LogP contribution in [0, 0.1) is 0 Å². The minimum atomic E-state index is -2.64. The average molecular weight is 217 g/mol. The van der Waals surface area contributed by atoms with Crippen LogP contribution in [0.3, 0.4) is 0 Å². The Morgan fingerprint density at radius 1 is 1.33 bits per heavy atom. The second-order valence-electron chi connectivity index (χ2n) is 3.35. The molecule has 4 heteroatoms. The Kier molecular flexibility index (Phi) is 2.82. The number of alkyl halides is 3. The topological polar surface area (TPSA) is 0 Å². The van der Waals surface area contributed by atoms with Crippen molar-refractivity contribution in [1.29, 1.82) is 0 Å². The average Bonchev–Trinajstić information content (AvgIpc) is 1.14. The summed E-state index contributed by atoms with van der Waals surface area (Å²) in [5.74, 6) is 0. The SMILES string of the molecule is C[Si](C)(C)CC(F)(F)Br. The summed E-state index contributed by atoms with van der Waals surface area (Å²) in [4.78, 5) is -2.64. The van der Waals surface area contributed by atoms with E-state index >= 15 is 0 Å². The van der Waals surface area contributed by atoms with Crippen LogP contribution >= 0.6 is 15.9 Å². The van der Waals surface area contributed by atoms with Crippen LogP contribution in [0.25, 0.3) is 0 Å². The molecule has 0 aliphatic heterocycles. The quantitative estimate of drug-likeness (QED) is 0.491. The van der Waals surface area contributed by atoms with Gasteiger partial charge in [0, 0.05) is 6.04 Å². The Bertz CT molecular complexity index is 80.1. The summed E-state index contributed by atoms with van der Waals surface area (Å²) in [6.45, 7) is 5.76. The number of rotatable bonds is 2. The summed E-state index contributed by atoms with van der Waals surface area (Å²) in [5, 5.41) is 0. The molecule has 0 aliphatic rings. The van der Waals surface area contributed by atoms with Crippen LogP contribution < -0.4 is 0 Å². The zero-order valence-electron chi connectivity index (χ0n) is 5.84. The van der Waals surface area contributed by atoms with Gasteiger partial charge in [0.2, 0.25) is 0 Å². The highest BCUT2D eigenvalue weighted by molar-refractivity contribution is 9.10. The largest absolute Gasteiger partial charge is 0.299 e. The fourth-order valence-electron chi connectivity index (χ4n) is 0.601. The third-order valence-electron chi connectivity index (χ3n) is 0.731. The molecule has 0 amide bonds. The molecule has 0 fully saturated rings. The van der Waals surface area contributed by atoms with Crippen molar-refractivity contribution in [2.45, 2.75) is 30.5 Å². The Labute approximate surface area is 63.8 Å². The van der Waals surface area contributed by atoms with Crippen molar-refractivity contribution >= 4 is 24.0 Å². The molecule has 0 heterocycles. The Hall–Kier alpha value is 0.557. The highest BCUT2D eigenvalue weighted by atomic mass is 79.9. The first-order chi connectivity index (χ1) is 3.71. The van der Waals surface area contributed by atoms with Gasteiger partial charge in [-0.1, -0.05) is 19.6 Å². The van der Waals surface area contributed by atoms with E-state index in [0.717, 1.165) is 0 Å². The summed E-state index contributed by atoms with van der Waals surface area (Å²) < 4.78 is 24.3. The van der Waals surface area contributed by atoms with E-state index in [9.17, 15) is 8.78 Å². The van der Waals surface area contributed by atoms with Crippen LogP contribution in [-0.4, -0.2) is 12.9 Å². The maximum Gasteiger partial charge on any atom is 0.299 e. The molecule has 0 aromatic carbocycles. The van der Waals surface area contributed by atoms with Crippen LogP contribution in [0.5, 0.6) is 0 Å². The third kappa shape index (κ3) is 8.56. The second-order valence-corrected chi connectivity index (χ2v) is 9.99. The Morgan fingerprint density at radius 2 is 1.67 bits per heavy atom. The van der Waals surface area contributed by atoms with Gasteiger partial charge in [-0.25, -0.2) is 0 Å². The summed E-state index contributed by atoms with van der Waals surface area (Å²) in [6, 6.07) is 0.0139. The molecule has 0 aromatic rings. The van der Waals surface area contributed by atoms with Crippen molar-refractivity contribution in [2.24, 2.45) is 0 Å². The zero-order chi connectivity index (χ0) is 7.71. The molecule has 0 spiro atoms. The normalized spacial score (nSPS) is 14.0. The second kappa shape index (κ2) is 2.66. The van der Waals surface area contributed by atoms with Gasteiger partial charge >= 0.3 is 0 Å². The van der Waals surface area contributed by atoms with Crippen molar-refractivity contribution in [3.8, 4) is 0 Å². The van der Waals surface area contributed by atoms with Gasteiger partial charge in [0.05, 0.1) is 8.07 Å². The lowest BCUT2D eigenvalue weighted by atomic mass is 10.8. The summed E-state index contributed by atoms with van der Waals surface area (Å²) in [7, 11) is -1.59. The van der Waals surface area contributed by atoms with Crippen molar-refractivity contribution in [2.75, 3.05) is 0 Å². The Balaban J connectivity index is 3.75. The van der Waals surface area contributed by atoms with Crippen LogP contribution in [0.15, 0.2) is 0 Å². The first kappa shape index (κ1) is 9.56. The van der Waals surface area contributed by atoms with E-state index in [1.807, 2.05) is 19.6 Å². The van der Waals surface area contributed by atoms with E-state index in [1.165, 1.54) is 0 Å². The van der Waals surface area contributed by atoms with Gasteiger partial charge in [-0.2, -0.15) is 8.78 Å². The van der Waals surface area contributed by atoms with Crippen molar-refractivity contribution < 1.29 is 8.78 Å². The number of hydrogen-bond donors (Lipinski definition) is 0. The monoisotopic (exact) mass is 216 g/mol. The van der Waals surface area contributed by atoms with Crippen molar-refractivity contribution in [3.05, 3.63) is 0 Å². The van der Waals surface area contributed by atoms with E-state index in [0.29, 0.717) is 0 Å². The molecule has 0 nitrogen and oxygen atoms in total.